The van der Waals surface area contributed by atoms with Crippen LogP contribution in [0.2, 0.25) is 0 Å². The van der Waals surface area contributed by atoms with Crippen molar-refractivity contribution < 1.29 is 0 Å². The van der Waals surface area contributed by atoms with Crippen LogP contribution in [0.15, 0.2) is 10.8 Å². The quantitative estimate of drug-likeness (QED) is 0.730. The molecular formula is C11H16N2S. The summed E-state index contributed by atoms with van der Waals surface area (Å²) >= 11 is 1.76. The Morgan fingerprint density at radius 1 is 1.43 bits per heavy atom. The zero-order chi connectivity index (χ0) is 10.2. The number of aryl methyl sites for hydroxylation is 1. The third-order valence-electron chi connectivity index (χ3n) is 2.17. The van der Waals surface area contributed by atoms with Crippen molar-refractivity contribution in [1.29, 1.82) is 5.26 Å². The van der Waals surface area contributed by atoms with E-state index in [-0.39, 0.29) is 0 Å². The van der Waals surface area contributed by atoms with Crippen molar-refractivity contribution in [3.05, 3.63) is 21.9 Å². The molecule has 3 heteroatoms. The van der Waals surface area contributed by atoms with Crippen molar-refractivity contribution in [2.24, 2.45) is 0 Å². The third-order valence-corrected chi connectivity index (χ3v) is 3.08. The molecule has 0 aliphatic carbocycles. The topological polar surface area (TPSA) is 35.8 Å². The van der Waals surface area contributed by atoms with Gasteiger partial charge < -0.3 is 5.32 Å². The van der Waals surface area contributed by atoms with Crippen LogP contribution in [-0.4, -0.2) is 6.54 Å². The Bertz CT molecular complexity index is 298. The zero-order valence-electron chi connectivity index (χ0n) is 8.55. The first-order chi connectivity index (χ1) is 6.84. The molecule has 1 rings (SSSR count). The molecule has 2 nitrogen and oxygen atoms in total. The SMILES string of the molecule is Cc1cscc1CNCCCCC#N. The average Bonchev–Trinajstić information content (AvgIpc) is 2.58. The summed E-state index contributed by atoms with van der Waals surface area (Å²) in [5.74, 6) is 0. The number of rotatable bonds is 6. The highest BCUT2D eigenvalue weighted by molar-refractivity contribution is 7.08. The van der Waals surface area contributed by atoms with Gasteiger partial charge in [0.2, 0.25) is 0 Å². The molecule has 0 saturated carbocycles. The fraction of sp³-hybridized carbons (Fsp3) is 0.545. The minimum atomic E-state index is 0.680. The van der Waals surface area contributed by atoms with Crippen molar-refractivity contribution in [3.8, 4) is 6.07 Å². The molecule has 0 bridgehead atoms. The zero-order valence-corrected chi connectivity index (χ0v) is 9.36. The van der Waals surface area contributed by atoms with Crippen molar-refractivity contribution in [3.63, 3.8) is 0 Å². The lowest BCUT2D eigenvalue weighted by Gasteiger charge is -2.02. The van der Waals surface area contributed by atoms with Crippen LogP contribution in [0.5, 0.6) is 0 Å². The van der Waals surface area contributed by atoms with Gasteiger partial charge in [-0.25, -0.2) is 0 Å². The lowest BCUT2D eigenvalue weighted by molar-refractivity contribution is 0.628. The maximum Gasteiger partial charge on any atom is 0.0621 e. The molecule has 76 valence electrons. The fourth-order valence-electron chi connectivity index (χ4n) is 1.25. The lowest BCUT2D eigenvalue weighted by atomic mass is 10.2. The number of hydrogen-bond donors (Lipinski definition) is 1. The van der Waals surface area contributed by atoms with Gasteiger partial charge in [-0.3, -0.25) is 0 Å². The minimum Gasteiger partial charge on any atom is -0.313 e. The molecule has 0 saturated heterocycles. The van der Waals surface area contributed by atoms with Crippen molar-refractivity contribution in [2.45, 2.75) is 32.7 Å². The molecule has 0 aliphatic heterocycles. The Kier molecular flexibility index (Phi) is 5.28. The molecule has 0 unspecified atom stereocenters. The van der Waals surface area contributed by atoms with Gasteiger partial charge in [0.15, 0.2) is 0 Å². The van der Waals surface area contributed by atoms with E-state index in [4.69, 9.17) is 5.26 Å². The second kappa shape index (κ2) is 6.58. The van der Waals surface area contributed by atoms with E-state index in [1.54, 1.807) is 11.3 Å². The van der Waals surface area contributed by atoms with E-state index in [0.717, 1.165) is 25.9 Å². The molecule has 0 atom stereocenters. The fourth-order valence-corrected chi connectivity index (χ4v) is 2.10. The maximum absolute atomic E-state index is 8.34. The Morgan fingerprint density at radius 2 is 2.29 bits per heavy atom. The first-order valence-electron chi connectivity index (χ1n) is 4.94. The first-order valence-corrected chi connectivity index (χ1v) is 5.88. The molecule has 1 N–H and O–H groups in total. The highest BCUT2D eigenvalue weighted by atomic mass is 32.1. The molecule has 1 aromatic rings. The van der Waals surface area contributed by atoms with E-state index in [2.05, 4.69) is 29.1 Å². The Morgan fingerprint density at radius 3 is 2.93 bits per heavy atom. The Hall–Kier alpha value is -0.850. The predicted molar refractivity (Wildman–Crippen MR) is 60.2 cm³/mol. The minimum absolute atomic E-state index is 0.680. The standard InChI is InChI=1S/C11H16N2S/c1-10-8-14-9-11(10)7-13-6-4-2-3-5-12/h8-9,13H,2-4,6-7H2,1H3. The van der Waals surface area contributed by atoms with Gasteiger partial charge in [-0.1, -0.05) is 0 Å². The van der Waals surface area contributed by atoms with Gasteiger partial charge in [-0.15, -0.1) is 0 Å². The van der Waals surface area contributed by atoms with Crippen LogP contribution >= 0.6 is 11.3 Å². The van der Waals surface area contributed by atoms with Gasteiger partial charge in [-0.05, 0) is 48.2 Å². The molecule has 0 spiro atoms. The molecule has 0 aromatic carbocycles. The first kappa shape index (κ1) is 11.2. The van der Waals surface area contributed by atoms with Crippen LogP contribution in [0.3, 0.4) is 0 Å². The number of thiophene rings is 1. The van der Waals surface area contributed by atoms with Crippen molar-refractivity contribution >= 4 is 11.3 Å². The van der Waals surface area contributed by atoms with E-state index in [9.17, 15) is 0 Å². The van der Waals surface area contributed by atoms with E-state index in [0.29, 0.717) is 6.42 Å². The number of nitrogens with one attached hydrogen (secondary N) is 1. The van der Waals surface area contributed by atoms with Gasteiger partial charge in [-0.2, -0.15) is 16.6 Å². The van der Waals surface area contributed by atoms with Crippen molar-refractivity contribution in [2.75, 3.05) is 6.54 Å². The molecule has 0 radical (unpaired) electrons. The number of unbranched alkanes of at least 4 members (excludes halogenated alkanes) is 2. The van der Waals surface area contributed by atoms with Crippen LogP contribution in [0.25, 0.3) is 0 Å². The molecule has 1 aromatic heterocycles. The number of hydrogen-bond acceptors (Lipinski definition) is 3. The Balaban J connectivity index is 2.05. The predicted octanol–water partition coefficient (Wildman–Crippen LogP) is 2.84. The summed E-state index contributed by atoms with van der Waals surface area (Å²) in [4.78, 5) is 0. The van der Waals surface area contributed by atoms with E-state index < -0.39 is 0 Å². The summed E-state index contributed by atoms with van der Waals surface area (Å²) in [5.41, 5.74) is 2.77. The maximum atomic E-state index is 8.34. The lowest BCUT2D eigenvalue weighted by Crippen LogP contribution is -2.14. The van der Waals surface area contributed by atoms with E-state index in [1.807, 2.05) is 0 Å². The second-order valence-electron chi connectivity index (χ2n) is 3.37. The van der Waals surface area contributed by atoms with Gasteiger partial charge in [0, 0.05) is 13.0 Å². The van der Waals surface area contributed by atoms with Gasteiger partial charge >= 0.3 is 0 Å². The van der Waals surface area contributed by atoms with Gasteiger partial charge in [0.25, 0.3) is 0 Å². The summed E-state index contributed by atoms with van der Waals surface area (Å²) < 4.78 is 0. The highest BCUT2D eigenvalue weighted by Gasteiger charge is 1.97. The molecule has 0 amide bonds. The monoisotopic (exact) mass is 208 g/mol. The molecular weight excluding hydrogens is 192 g/mol. The smallest absolute Gasteiger partial charge is 0.0621 e. The molecule has 1 heterocycles. The third kappa shape index (κ3) is 3.91. The van der Waals surface area contributed by atoms with Crippen LogP contribution in [0.1, 0.15) is 30.4 Å². The molecule has 0 aliphatic rings. The average molecular weight is 208 g/mol. The molecule has 0 fully saturated rings. The van der Waals surface area contributed by atoms with Gasteiger partial charge in [0.05, 0.1) is 6.07 Å². The summed E-state index contributed by atoms with van der Waals surface area (Å²) in [6, 6.07) is 2.16. The Labute approximate surface area is 89.6 Å². The van der Waals surface area contributed by atoms with Crippen LogP contribution in [0, 0.1) is 18.3 Å². The van der Waals surface area contributed by atoms with E-state index >= 15 is 0 Å². The van der Waals surface area contributed by atoms with Crippen molar-refractivity contribution in [1.82, 2.24) is 5.32 Å². The highest BCUT2D eigenvalue weighted by Crippen LogP contribution is 2.12. The van der Waals surface area contributed by atoms with E-state index in [1.165, 1.54) is 11.1 Å². The van der Waals surface area contributed by atoms with Gasteiger partial charge in [0.1, 0.15) is 0 Å². The second-order valence-corrected chi connectivity index (χ2v) is 4.12. The van der Waals surface area contributed by atoms with Crippen LogP contribution < -0.4 is 5.32 Å². The largest absolute Gasteiger partial charge is 0.313 e. The van der Waals surface area contributed by atoms with Crippen LogP contribution in [-0.2, 0) is 6.54 Å². The summed E-state index contributed by atoms with van der Waals surface area (Å²) in [6.45, 7) is 4.11. The van der Waals surface area contributed by atoms with Crippen LogP contribution in [0.4, 0.5) is 0 Å². The molecule has 14 heavy (non-hydrogen) atoms. The normalized spacial score (nSPS) is 10.0. The summed E-state index contributed by atoms with van der Waals surface area (Å²) in [7, 11) is 0. The summed E-state index contributed by atoms with van der Waals surface area (Å²) in [5, 5.41) is 16.1. The number of nitriles is 1. The summed E-state index contributed by atoms with van der Waals surface area (Å²) in [6.07, 6.45) is 2.78. The number of nitrogens with zero attached hydrogens (tertiary/aromatic N) is 1.